The maximum atomic E-state index is 10.4. The molecular formula is C17H19N3O2S. The predicted octanol–water partition coefficient (Wildman–Crippen LogP) is 3.69. The van der Waals surface area contributed by atoms with Crippen LogP contribution >= 0.6 is 11.3 Å². The number of rotatable bonds is 4. The Labute approximate surface area is 138 Å². The Morgan fingerprint density at radius 1 is 1.48 bits per heavy atom. The summed E-state index contributed by atoms with van der Waals surface area (Å²) < 4.78 is 6.47. The van der Waals surface area contributed by atoms with Crippen molar-refractivity contribution in [1.29, 1.82) is 0 Å². The molecule has 0 aromatic carbocycles. The van der Waals surface area contributed by atoms with Crippen molar-refractivity contribution >= 4 is 27.4 Å². The molecule has 0 spiro atoms. The highest BCUT2D eigenvalue weighted by Gasteiger charge is 2.30. The van der Waals surface area contributed by atoms with Crippen LogP contribution in [0.5, 0.6) is 0 Å². The minimum atomic E-state index is -0.571. The Bertz CT molecular complexity index is 799. The summed E-state index contributed by atoms with van der Waals surface area (Å²) in [5.74, 6) is 1.64. The van der Waals surface area contributed by atoms with Crippen molar-refractivity contribution in [2.45, 2.75) is 38.3 Å². The highest BCUT2D eigenvalue weighted by atomic mass is 32.1. The van der Waals surface area contributed by atoms with Crippen molar-refractivity contribution in [3.05, 3.63) is 41.4 Å². The molecule has 1 saturated heterocycles. The summed E-state index contributed by atoms with van der Waals surface area (Å²) in [5.41, 5.74) is 2.23. The fourth-order valence-electron chi connectivity index (χ4n) is 3.38. The van der Waals surface area contributed by atoms with Gasteiger partial charge in [-0.3, -0.25) is 0 Å². The monoisotopic (exact) mass is 329 g/mol. The Hall–Kier alpha value is -1.92. The second-order valence-electron chi connectivity index (χ2n) is 6.05. The number of hydrogen-bond acceptors (Lipinski definition) is 6. The largest absolute Gasteiger partial charge is 0.467 e. The molecule has 0 aliphatic carbocycles. The summed E-state index contributed by atoms with van der Waals surface area (Å²) in [5, 5.41) is 12.5. The lowest BCUT2D eigenvalue weighted by molar-refractivity contribution is 0.132. The van der Waals surface area contributed by atoms with Crippen molar-refractivity contribution in [2.75, 3.05) is 11.4 Å². The molecule has 1 N–H and O–H groups in total. The highest BCUT2D eigenvalue weighted by molar-refractivity contribution is 7.18. The first-order valence-corrected chi connectivity index (χ1v) is 8.79. The van der Waals surface area contributed by atoms with E-state index in [0.29, 0.717) is 12.2 Å². The number of fused-ring (bicyclic) bond motifs is 1. The van der Waals surface area contributed by atoms with Crippen LogP contribution in [0.25, 0.3) is 10.2 Å². The van der Waals surface area contributed by atoms with Gasteiger partial charge in [0.15, 0.2) is 0 Å². The normalized spacial score (nSPS) is 19.6. The number of furan rings is 1. The molecule has 5 nitrogen and oxygen atoms in total. The van der Waals surface area contributed by atoms with Gasteiger partial charge in [-0.25, -0.2) is 9.97 Å². The molecule has 120 valence electrons. The van der Waals surface area contributed by atoms with Crippen LogP contribution in [0.3, 0.4) is 0 Å². The van der Waals surface area contributed by atoms with E-state index in [0.717, 1.165) is 35.4 Å². The van der Waals surface area contributed by atoms with Crippen molar-refractivity contribution in [1.82, 2.24) is 9.97 Å². The van der Waals surface area contributed by atoms with E-state index in [1.54, 1.807) is 23.9 Å². The van der Waals surface area contributed by atoms with Gasteiger partial charge in [0, 0.05) is 19.0 Å². The fraction of sp³-hybridized carbons (Fsp3) is 0.412. The number of nitrogens with zero attached hydrogens (tertiary/aromatic N) is 3. The highest BCUT2D eigenvalue weighted by Crippen LogP contribution is 2.36. The lowest BCUT2D eigenvalue weighted by Gasteiger charge is -2.27. The molecule has 1 aliphatic rings. The zero-order chi connectivity index (χ0) is 15.8. The molecule has 23 heavy (non-hydrogen) atoms. The van der Waals surface area contributed by atoms with Gasteiger partial charge in [-0.05, 0) is 42.8 Å². The Balaban J connectivity index is 1.62. The minimum Gasteiger partial charge on any atom is -0.467 e. The predicted molar refractivity (Wildman–Crippen MR) is 90.8 cm³/mol. The van der Waals surface area contributed by atoms with Crippen LogP contribution in [-0.2, 0) is 0 Å². The summed E-state index contributed by atoms with van der Waals surface area (Å²) in [6.07, 6.45) is 5.52. The van der Waals surface area contributed by atoms with E-state index in [4.69, 9.17) is 4.42 Å². The Morgan fingerprint density at radius 3 is 3.22 bits per heavy atom. The zero-order valence-electron chi connectivity index (χ0n) is 13.0. The maximum Gasteiger partial charge on any atom is 0.150 e. The molecular weight excluding hydrogens is 310 g/mol. The Kier molecular flexibility index (Phi) is 3.79. The molecule has 4 heterocycles. The van der Waals surface area contributed by atoms with Gasteiger partial charge in [-0.1, -0.05) is 0 Å². The molecule has 6 heteroatoms. The zero-order valence-corrected chi connectivity index (χ0v) is 13.8. The van der Waals surface area contributed by atoms with Gasteiger partial charge in [0.2, 0.25) is 0 Å². The molecule has 0 amide bonds. The molecule has 3 aromatic rings. The first-order valence-electron chi connectivity index (χ1n) is 7.91. The third-order valence-corrected chi connectivity index (χ3v) is 5.61. The van der Waals surface area contributed by atoms with E-state index in [-0.39, 0.29) is 6.04 Å². The first kappa shape index (κ1) is 14.7. The average molecular weight is 329 g/mol. The molecule has 0 radical (unpaired) electrons. The van der Waals surface area contributed by atoms with Crippen LogP contribution < -0.4 is 4.90 Å². The van der Waals surface area contributed by atoms with Crippen LogP contribution in [0.2, 0.25) is 0 Å². The average Bonchev–Trinajstić information content (AvgIpc) is 3.28. The van der Waals surface area contributed by atoms with E-state index in [1.807, 2.05) is 12.1 Å². The molecule has 0 saturated carbocycles. The van der Waals surface area contributed by atoms with Crippen LogP contribution in [0, 0.1) is 6.92 Å². The SMILES string of the molecule is Cc1csc2c(N3CCC[C@H]3C[C@@H](O)c3ccco3)ncnc12. The van der Waals surface area contributed by atoms with Crippen LogP contribution in [-0.4, -0.2) is 27.7 Å². The summed E-state index contributed by atoms with van der Waals surface area (Å²) >= 11 is 1.70. The molecule has 2 atom stereocenters. The molecule has 1 fully saturated rings. The number of aromatic nitrogens is 2. The molecule has 3 aromatic heterocycles. The van der Waals surface area contributed by atoms with Gasteiger partial charge in [0.05, 0.1) is 16.5 Å². The second kappa shape index (κ2) is 5.94. The quantitative estimate of drug-likeness (QED) is 0.791. The lowest BCUT2D eigenvalue weighted by Crippen LogP contribution is -2.31. The van der Waals surface area contributed by atoms with E-state index < -0.39 is 6.10 Å². The van der Waals surface area contributed by atoms with Gasteiger partial charge >= 0.3 is 0 Å². The van der Waals surface area contributed by atoms with Crippen LogP contribution in [0.4, 0.5) is 5.82 Å². The third kappa shape index (κ3) is 2.62. The van der Waals surface area contributed by atoms with Gasteiger partial charge in [0.1, 0.15) is 24.0 Å². The van der Waals surface area contributed by atoms with Crippen LogP contribution in [0.1, 0.15) is 36.7 Å². The summed E-state index contributed by atoms with van der Waals surface area (Å²) in [4.78, 5) is 11.3. The molecule has 4 rings (SSSR count). The lowest BCUT2D eigenvalue weighted by atomic mass is 10.1. The first-order chi connectivity index (χ1) is 11.2. The second-order valence-corrected chi connectivity index (χ2v) is 6.93. The van der Waals surface area contributed by atoms with Gasteiger partial charge in [0.25, 0.3) is 0 Å². The van der Waals surface area contributed by atoms with Crippen molar-refractivity contribution in [3.63, 3.8) is 0 Å². The van der Waals surface area contributed by atoms with Crippen molar-refractivity contribution in [2.24, 2.45) is 0 Å². The minimum absolute atomic E-state index is 0.274. The number of aliphatic hydroxyl groups is 1. The van der Waals surface area contributed by atoms with E-state index >= 15 is 0 Å². The van der Waals surface area contributed by atoms with Gasteiger partial charge in [-0.2, -0.15) is 0 Å². The van der Waals surface area contributed by atoms with Gasteiger partial charge < -0.3 is 14.4 Å². The van der Waals surface area contributed by atoms with Crippen LogP contribution in [0.15, 0.2) is 34.5 Å². The number of aliphatic hydroxyl groups excluding tert-OH is 1. The number of thiophene rings is 1. The smallest absolute Gasteiger partial charge is 0.150 e. The number of hydrogen-bond donors (Lipinski definition) is 1. The van der Waals surface area contributed by atoms with Crippen molar-refractivity contribution in [3.8, 4) is 0 Å². The third-order valence-electron chi connectivity index (χ3n) is 4.53. The van der Waals surface area contributed by atoms with Crippen molar-refractivity contribution < 1.29 is 9.52 Å². The van der Waals surface area contributed by atoms with E-state index in [2.05, 4.69) is 27.2 Å². The topological polar surface area (TPSA) is 62.4 Å². The number of anilines is 1. The molecule has 0 unspecified atom stereocenters. The molecule has 0 bridgehead atoms. The number of aryl methyl sites for hydroxylation is 1. The summed E-state index contributed by atoms with van der Waals surface area (Å²) in [6.45, 7) is 3.05. The fourth-order valence-corrected chi connectivity index (χ4v) is 4.38. The van der Waals surface area contributed by atoms with E-state index in [1.165, 1.54) is 5.56 Å². The van der Waals surface area contributed by atoms with E-state index in [9.17, 15) is 5.11 Å². The standard InChI is InChI=1S/C17H19N3O2S/c1-11-9-23-16-15(11)18-10-19-17(16)20-6-2-4-12(20)8-13(21)14-5-3-7-22-14/h3,5,7,9-10,12-13,21H,2,4,6,8H2,1H3/t12-,13+/m0/s1. The summed E-state index contributed by atoms with van der Waals surface area (Å²) in [7, 11) is 0. The maximum absolute atomic E-state index is 10.4. The Morgan fingerprint density at radius 2 is 2.39 bits per heavy atom. The molecule has 1 aliphatic heterocycles. The van der Waals surface area contributed by atoms with Gasteiger partial charge in [-0.15, -0.1) is 11.3 Å². The summed E-state index contributed by atoms with van der Waals surface area (Å²) in [6, 6.07) is 3.92.